The van der Waals surface area contributed by atoms with Crippen molar-refractivity contribution in [2.24, 2.45) is 0 Å². The fraction of sp³-hybridized carbons (Fsp3) is 0.333. The second-order valence-electron chi connectivity index (χ2n) is 4.42. The van der Waals surface area contributed by atoms with Gasteiger partial charge in [0.1, 0.15) is 0 Å². The first kappa shape index (κ1) is 14.6. The number of benzene rings is 1. The number of aryl methyl sites for hydroxylation is 1. The Kier molecular flexibility index (Phi) is 4.17. The van der Waals surface area contributed by atoms with Crippen molar-refractivity contribution < 1.29 is 12.8 Å². The standard InChI is InChI=1S/C12H16N4O3S/c1-9-6-4-5-7-10(9)12-15-14-11(19-12)8-13-20(17,18)16(2)3/h4-7,13H,8H2,1-3H3. The van der Waals surface area contributed by atoms with Crippen LogP contribution in [0, 0.1) is 6.92 Å². The first-order valence-electron chi connectivity index (χ1n) is 5.95. The van der Waals surface area contributed by atoms with Crippen molar-refractivity contribution in [2.45, 2.75) is 13.5 Å². The van der Waals surface area contributed by atoms with E-state index in [2.05, 4.69) is 14.9 Å². The van der Waals surface area contributed by atoms with E-state index < -0.39 is 10.2 Å². The van der Waals surface area contributed by atoms with Gasteiger partial charge in [0.2, 0.25) is 11.8 Å². The van der Waals surface area contributed by atoms with Crippen LogP contribution in [0.1, 0.15) is 11.5 Å². The molecule has 108 valence electrons. The maximum absolute atomic E-state index is 11.6. The Morgan fingerprint density at radius 1 is 1.25 bits per heavy atom. The molecule has 0 bridgehead atoms. The van der Waals surface area contributed by atoms with E-state index >= 15 is 0 Å². The van der Waals surface area contributed by atoms with Crippen LogP contribution in [0.4, 0.5) is 0 Å². The SMILES string of the molecule is Cc1ccccc1-c1nnc(CNS(=O)(=O)N(C)C)o1. The van der Waals surface area contributed by atoms with Gasteiger partial charge >= 0.3 is 0 Å². The van der Waals surface area contributed by atoms with Crippen LogP contribution in [0.25, 0.3) is 11.5 Å². The Balaban J connectivity index is 2.13. The lowest BCUT2D eigenvalue weighted by Gasteiger charge is -2.10. The van der Waals surface area contributed by atoms with Gasteiger partial charge in [-0.25, -0.2) is 0 Å². The summed E-state index contributed by atoms with van der Waals surface area (Å²) < 4.78 is 32.0. The number of nitrogens with zero attached hydrogens (tertiary/aromatic N) is 3. The number of nitrogens with one attached hydrogen (secondary N) is 1. The van der Waals surface area contributed by atoms with Crippen molar-refractivity contribution in [3.8, 4) is 11.5 Å². The summed E-state index contributed by atoms with van der Waals surface area (Å²) in [5.41, 5.74) is 1.85. The summed E-state index contributed by atoms with van der Waals surface area (Å²) in [4.78, 5) is 0. The van der Waals surface area contributed by atoms with Gasteiger partial charge in [0, 0.05) is 19.7 Å². The fourth-order valence-electron chi connectivity index (χ4n) is 1.53. The lowest BCUT2D eigenvalue weighted by molar-refractivity contribution is 0.474. The minimum Gasteiger partial charge on any atom is -0.419 e. The Morgan fingerprint density at radius 2 is 1.95 bits per heavy atom. The lowest BCUT2D eigenvalue weighted by Crippen LogP contribution is -2.35. The van der Waals surface area contributed by atoms with E-state index in [1.54, 1.807) is 0 Å². The highest BCUT2D eigenvalue weighted by molar-refractivity contribution is 7.87. The van der Waals surface area contributed by atoms with Gasteiger partial charge in [-0.05, 0) is 18.6 Å². The van der Waals surface area contributed by atoms with Gasteiger partial charge < -0.3 is 4.42 Å². The summed E-state index contributed by atoms with van der Waals surface area (Å²) >= 11 is 0. The molecular weight excluding hydrogens is 280 g/mol. The van der Waals surface area contributed by atoms with Crippen LogP contribution < -0.4 is 4.72 Å². The summed E-state index contributed by atoms with van der Waals surface area (Å²) in [6.07, 6.45) is 0. The smallest absolute Gasteiger partial charge is 0.279 e. The van der Waals surface area contributed by atoms with Gasteiger partial charge in [-0.1, -0.05) is 18.2 Å². The molecule has 0 fully saturated rings. The van der Waals surface area contributed by atoms with E-state index in [1.807, 2.05) is 31.2 Å². The van der Waals surface area contributed by atoms with Gasteiger partial charge in [-0.3, -0.25) is 0 Å². The van der Waals surface area contributed by atoms with E-state index in [1.165, 1.54) is 14.1 Å². The molecule has 7 nitrogen and oxygen atoms in total. The van der Waals surface area contributed by atoms with Crippen LogP contribution >= 0.6 is 0 Å². The number of rotatable bonds is 5. The van der Waals surface area contributed by atoms with E-state index in [0.29, 0.717) is 5.89 Å². The van der Waals surface area contributed by atoms with Gasteiger partial charge in [0.15, 0.2) is 0 Å². The zero-order valence-corrected chi connectivity index (χ0v) is 12.3. The van der Waals surface area contributed by atoms with Crippen LogP contribution in [-0.2, 0) is 16.8 Å². The van der Waals surface area contributed by atoms with Crippen molar-refractivity contribution in [1.29, 1.82) is 0 Å². The highest BCUT2D eigenvalue weighted by Crippen LogP contribution is 2.21. The first-order valence-corrected chi connectivity index (χ1v) is 7.39. The molecular formula is C12H16N4O3S. The molecule has 0 saturated carbocycles. The molecule has 0 aliphatic rings. The molecule has 0 unspecified atom stereocenters. The van der Waals surface area contributed by atoms with Crippen LogP contribution in [-0.4, -0.2) is 37.0 Å². The first-order chi connectivity index (χ1) is 9.40. The maximum atomic E-state index is 11.6. The molecule has 20 heavy (non-hydrogen) atoms. The van der Waals surface area contributed by atoms with Crippen LogP contribution in [0.15, 0.2) is 28.7 Å². The summed E-state index contributed by atoms with van der Waals surface area (Å²) in [7, 11) is -0.626. The number of aromatic nitrogens is 2. The average molecular weight is 296 g/mol. The predicted molar refractivity (Wildman–Crippen MR) is 73.9 cm³/mol. The molecule has 1 aromatic heterocycles. The zero-order valence-electron chi connectivity index (χ0n) is 11.5. The minimum atomic E-state index is -3.50. The van der Waals surface area contributed by atoms with E-state index in [0.717, 1.165) is 15.4 Å². The summed E-state index contributed by atoms with van der Waals surface area (Å²) in [5.74, 6) is 0.593. The van der Waals surface area contributed by atoms with Gasteiger partial charge in [-0.15, -0.1) is 10.2 Å². The molecule has 8 heteroatoms. The monoisotopic (exact) mass is 296 g/mol. The van der Waals surface area contributed by atoms with E-state index in [-0.39, 0.29) is 12.4 Å². The highest BCUT2D eigenvalue weighted by atomic mass is 32.2. The largest absolute Gasteiger partial charge is 0.419 e. The molecule has 0 atom stereocenters. The molecule has 0 radical (unpaired) electrons. The molecule has 2 aromatic rings. The lowest BCUT2D eigenvalue weighted by atomic mass is 10.1. The Hall–Kier alpha value is -1.77. The van der Waals surface area contributed by atoms with Crippen molar-refractivity contribution in [3.05, 3.63) is 35.7 Å². The second kappa shape index (κ2) is 5.70. The Bertz CT molecular complexity index is 694. The fourth-order valence-corrected chi connectivity index (χ4v) is 2.09. The third-order valence-electron chi connectivity index (χ3n) is 2.73. The summed E-state index contributed by atoms with van der Waals surface area (Å²) in [6, 6.07) is 7.60. The molecule has 1 heterocycles. The molecule has 0 spiro atoms. The van der Waals surface area contributed by atoms with Crippen molar-refractivity contribution in [3.63, 3.8) is 0 Å². The topological polar surface area (TPSA) is 88.3 Å². The molecule has 0 saturated heterocycles. The van der Waals surface area contributed by atoms with Gasteiger partial charge in [-0.2, -0.15) is 17.4 Å². The average Bonchev–Trinajstić information content (AvgIpc) is 2.85. The van der Waals surface area contributed by atoms with Crippen molar-refractivity contribution in [1.82, 2.24) is 19.2 Å². The van der Waals surface area contributed by atoms with Crippen LogP contribution in [0.2, 0.25) is 0 Å². The van der Waals surface area contributed by atoms with Crippen LogP contribution in [0.3, 0.4) is 0 Å². The van der Waals surface area contributed by atoms with Gasteiger partial charge in [0.25, 0.3) is 10.2 Å². The minimum absolute atomic E-state index is 0.0423. The number of hydrogen-bond donors (Lipinski definition) is 1. The quantitative estimate of drug-likeness (QED) is 0.887. The zero-order chi connectivity index (χ0) is 14.8. The number of hydrogen-bond acceptors (Lipinski definition) is 5. The molecule has 0 aliphatic carbocycles. The molecule has 1 N–H and O–H groups in total. The highest BCUT2D eigenvalue weighted by Gasteiger charge is 2.15. The molecule has 2 rings (SSSR count). The second-order valence-corrected chi connectivity index (χ2v) is 6.39. The third-order valence-corrected chi connectivity index (χ3v) is 4.20. The van der Waals surface area contributed by atoms with Crippen molar-refractivity contribution >= 4 is 10.2 Å². The summed E-state index contributed by atoms with van der Waals surface area (Å²) in [5, 5.41) is 7.76. The maximum Gasteiger partial charge on any atom is 0.279 e. The predicted octanol–water partition coefficient (Wildman–Crippen LogP) is 0.941. The third kappa shape index (κ3) is 3.21. The van der Waals surface area contributed by atoms with E-state index in [9.17, 15) is 8.42 Å². The van der Waals surface area contributed by atoms with Crippen molar-refractivity contribution in [2.75, 3.05) is 14.1 Å². The molecule has 0 amide bonds. The van der Waals surface area contributed by atoms with Gasteiger partial charge in [0.05, 0.1) is 6.54 Å². The normalized spacial score (nSPS) is 12.0. The van der Waals surface area contributed by atoms with E-state index in [4.69, 9.17) is 4.42 Å². The summed E-state index contributed by atoms with van der Waals surface area (Å²) in [6.45, 7) is 1.90. The van der Waals surface area contributed by atoms with Crippen LogP contribution in [0.5, 0.6) is 0 Å². The Labute approximate surface area is 117 Å². The molecule has 1 aromatic carbocycles. The molecule has 0 aliphatic heterocycles. The Morgan fingerprint density at radius 3 is 2.60 bits per heavy atom.